The highest BCUT2D eigenvalue weighted by Gasteiger charge is 2.32. The summed E-state index contributed by atoms with van der Waals surface area (Å²) in [5.74, 6) is 0. The van der Waals surface area contributed by atoms with Crippen molar-refractivity contribution in [2.75, 3.05) is 29.9 Å². The molecule has 3 heterocycles. The van der Waals surface area contributed by atoms with Crippen LogP contribution < -0.4 is 15.4 Å². The summed E-state index contributed by atoms with van der Waals surface area (Å²) in [6.45, 7) is 1.70. The molecule has 6 nitrogen and oxygen atoms in total. The van der Waals surface area contributed by atoms with E-state index in [0.29, 0.717) is 6.04 Å². The van der Waals surface area contributed by atoms with E-state index in [4.69, 9.17) is 11.6 Å². The lowest BCUT2D eigenvalue weighted by molar-refractivity contribution is 0.494. The molecule has 1 fully saturated rings. The van der Waals surface area contributed by atoms with E-state index < -0.39 is 0 Å². The Bertz CT molecular complexity index is 963. The van der Waals surface area contributed by atoms with Crippen molar-refractivity contribution in [3.05, 3.63) is 45.8 Å². The predicted octanol–water partition coefficient (Wildman–Crippen LogP) is 2.37. The lowest BCUT2D eigenvalue weighted by Gasteiger charge is -2.45. The summed E-state index contributed by atoms with van der Waals surface area (Å²) in [6.07, 6.45) is 1.73. The summed E-state index contributed by atoms with van der Waals surface area (Å²) < 4.78 is 2.43. The second-order valence-corrected chi connectivity index (χ2v) is 7.40. The van der Waals surface area contributed by atoms with Crippen LogP contribution in [0.5, 0.6) is 0 Å². The molecule has 124 valence electrons. The number of aryl methyl sites for hydroxylation is 1. The number of likely N-dealkylation sites (N-methyl/N-ethyl adjacent to an activating group) is 1. The quantitative estimate of drug-likeness (QED) is 0.717. The van der Waals surface area contributed by atoms with Crippen molar-refractivity contribution in [2.45, 2.75) is 6.04 Å². The lowest BCUT2D eigenvalue weighted by atomic mass is 10.1. The molecule has 0 spiro atoms. The minimum Gasteiger partial charge on any atom is -0.366 e. The van der Waals surface area contributed by atoms with E-state index >= 15 is 0 Å². The van der Waals surface area contributed by atoms with E-state index in [1.807, 2.05) is 18.2 Å². The van der Waals surface area contributed by atoms with Crippen LogP contribution in [0.25, 0.3) is 10.2 Å². The van der Waals surface area contributed by atoms with Gasteiger partial charge in [0.1, 0.15) is 0 Å². The third kappa shape index (κ3) is 2.63. The van der Waals surface area contributed by atoms with Crippen LogP contribution in [0.1, 0.15) is 0 Å². The molecule has 0 N–H and O–H groups in total. The summed E-state index contributed by atoms with van der Waals surface area (Å²) >= 11 is 7.69. The van der Waals surface area contributed by atoms with Gasteiger partial charge in [-0.25, -0.2) is 9.67 Å². The van der Waals surface area contributed by atoms with Crippen LogP contribution in [0, 0.1) is 0 Å². The van der Waals surface area contributed by atoms with E-state index in [1.165, 1.54) is 4.68 Å². The number of nitrogens with zero attached hydrogens (tertiary/aromatic N) is 5. The van der Waals surface area contributed by atoms with Gasteiger partial charge in [-0.2, -0.15) is 5.10 Å². The average Bonchev–Trinajstić information content (AvgIpc) is 2.92. The summed E-state index contributed by atoms with van der Waals surface area (Å²) in [7, 11) is 3.71. The molecule has 0 atom stereocenters. The van der Waals surface area contributed by atoms with Gasteiger partial charge < -0.3 is 9.80 Å². The van der Waals surface area contributed by atoms with Gasteiger partial charge in [0.15, 0.2) is 5.13 Å². The zero-order chi connectivity index (χ0) is 16.8. The second kappa shape index (κ2) is 5.75. The van der Waals surface area contributed by atoms with Crippen LogP contribution in [-0.2, 0) is 7.05 Å². The van der Waals surface area contributed by atoms with Gasteiger partial charge in [0.2, 0.25) is 0 Å². The van der Waals surface area contributed by atoms with Crippen LogP contribution in [0.15, 0.2) is 35.3 Å². The van der Waals surface area contributed by atoms with Crippen LogP contribution in [0.3, 0.4) is 0 Å². The molecular weight excluding hydrogens is 346 g/mol. The maximum Gasteiger partial charge on any atom is 0.268 e. The van der Waals surface area contributed by atoms with Crippen LogP contribution in [0.2, 0.25) is 5.02 Å². The zero-order valence-electron chi connectivity index (χ0n) is 13.3. The third-order valence-electron chi connectivity index (χ3n) is 4.37. The molecule has 1 aliphatic rings. The first-order valence-corrected chi connectivity index (χ1v) is 8.78. The Morgan fingerprint density at radius 3 is 2.88 bits per heavy atom. The number of aromatic nitrogens is 3. The van der Waals surface area contributed by atoms with Gasteiger partial charge in [0.25, 0.3) is 5.56 Å². The molecule has 0 bridgehead atoms. The Balaban J connectivity index is 1.49. The van der Waals surface area contributed by atoms with Gasteiger partial charge in [-0.3, -0.25) is 4.79 Å². The molecule has 1 saturated heterocycles. The number of anilines is 2. The van der Waals surface area contributed by atoms with Gasteiger partial charge in [-0.15, -0.1) is 0 Å². The number of fused-ring (bicyclic) bond motifs is 1. The number of halogens is 1. The van der Waals surface area contributed by atoms with E-state index in [-0.39, 0.29) is 5.56 Å². The topological polar surface area (TPSA) is 54.3 Å². The number of hydrogen-bond donors (Lipinski definition) is 0. The number of thiazole rings is 1. The zero-order valence-corrected chi connectivity index (χ0v) is 14.9. The highest BCUT2D eigenvalue weighted by atomic mass is 35.5. The fourth-order valence-corrected chi connectivity index (χ4v) is 4.01. The molecule has 2 aromatic heterocycles. The van der Waals surface area contributed by atoms with Crippen molar-refractivity contribution in [2.24, 2.45) is 7.05 Å². The van der Waals surface area contributed by atoms with Crippen LogP contribution in [-0.4, -0.2) is 40.9 Å². The Labute approximate surface area is 147 Å². The Kier molecular flexibility index (Phi) is 3.69. The highest BCUT2D eigenvalue weighted by molar-refractivity contribution is 7.22. The third-order valence-corrected chi connectivity index (χ3v) is 5.71. The van der Waals surface area contributed by atoms with Crippen molar-refractivity contribution < 1.29 is 0 Å². The van der Waals surface area contributed by atoms with Gasteiger partial charge in [0.05, 0.1) is 28.1 Å². The van der Waals surface area contributed by atoms with Crippen molar-refractivity contribution in [3.8, 4) is 0 Å². The fraction of sp³-hybridized carbons (Fsp3) is 0.312. The first-order valence-electron chi connectivity index (χ1n) is 7.58. The molecule has 0 aliphatic carbocycles. The Morgan fingerprint density at radius 2 is 2.12 bits per heavy atom. The van der Waals surface area contributed by atoms with E-state index in [2.05, 4.69) is 26.9 Å². The van der Waals surface area contributed by atoms with Gasteiger partial charge in [-0.1, -0.05) is 22.9 Å². The van der Waals surface area contributed by atoms with Crippen molar-refractivity contribution in [1.29, 1.82) is 0 Å². The normalized spacial score (nSPS) is 14.9. The van der Waals surface area contributed by atoms with Gasteiger partial charge in [-0.05, 0) is 18.2 Å². The van der Waals surface area contributed by atoms with Gasteiger partial charge >= 0.3 is 0 Å². The summed E-state index contributed by atoms with van der Waals surface area (Å²) in [4.78, 5) is 20.7. The molecule has 4 rings (SSSR count). The first kappa shape index (κ1) is 15.4. The van der Waals surface area contributed by atoms with Crippen molar-refractivity contribution in [1.82, 2.24) is 14.8 Å². The molecule has 3 aromatic rings. The smallest absolute Gasteiger partial charge is 0.268 e. The molecule has 0 unspecified atom stereocenters. The standard InChI is InChI=1S/C16H16ClN5OS/c1-20(16-19-13-4-3-10(17)5-14(13)24-16)12-8-22(9-12)11-6-15(23)21(2)18-7-11/h3-7,12H,8-9H2,1-2H3. The average molecular weight is 362 g/mol. The largest absolute Gasteiger partial charge is 0.366 e. The Morgan fingerprint density at radius 1 is 1.33 bits per heavy atom. The number of hydrogen-bond acceptors (Lipinski definition) is 6. The monoisotopic (exact) mass is 361 g/mol. The maximum absolute atomic E-state index is 11.7. The maximum atomic E-state index is 11.7. The van der Waals surface area contributed by atoms with Crippen molar-refractivity contribution >= 4 is 44.0 Å². The van der Waals surface area contributed by atoms with E-state index in [0.717, 1.165) is 39.1 Å². The van der Waals surface area contributed by atoms with Crippen LogP contribution >= 0.6 is 22.9 Å². The SMILES string of the molecule is CN(c1nc2ccc(Cl)cc2s1)C1CN(c2cnn(C)c(=O)c2)C1. The molecule has 8 heteroatoms. The number of rotatable bonds is 3. The molecular formula is C16H16ClN5OS. The molecule has 24 heavy (non-hydrogen) atoms. The summed E-state index contributed by atoms with van der Waals surface area (Å²) in [5.41, 5.74) is 1.75. The van der Waals surface area contributed by atoms with Crippen molar-refractivity contribution in [3.63, 3.8) is 0 Å². The predicted molar refractivity (Wildman–Crippen MR) is 98.5 cm³/mol. The minimum atomic E-state index is -0.0904. The second-order valence-electron chi connectivity index (χ2n) is 5.95. The minimum absolute atomic E-state index is 0.0904. The lowest BCUT2D eigenvalue weighted by Crippen LogP contribution is -2.59. The van der Waals surface area contributed by atoms with E-state index in [1.54, 1.807) is 30.6 Å². The van der Waals surface area contributed by atoms with Crippen LogP contribution in [0.4, 0.5) is 10.8 Å². The number of benzene rings is 1. The first-order chi connectivity index (χ1) is 11.5. The molecule has 0 radical (unpaired) electrons. The molecule has 1 aromatic carbocycles. The highest BCUT2D eigenvalue weighted by Crippen LogP contribution is 2.33. The van der Waals surface area contributed by atoms with Gasteiger partial charge in [0, 0.05) is 38.3 Å². The Hall–Kier alpha value is -2.12. The summed E-state index contributed by atoms with van der Waals surface area (Å²) in [5, 5.41) is 5.79. The molecule has 0 amide bonds. The summed E-state index contributed by atoms with van der Waals surface area (Å²) in [6, 6.07) is 7.75. The fourth-order valence-electron chi connectivity index (χ4n) is 2.74. The van der Waals surface area contributed by atoms with E-state index in [9.17, 15) is 4.79 Å². The molecule has 1 aliphatic heterocycles. The molecule has 0 saturated carbocycles.